The number of para-hydroxylation sites is 2. The number of hydrogen-bond donors (Lipinski definition) is 4. The summed E-state index contributed by atoms with van der Waals surface area (Å²) in [5, 5.41) is 3.08. The number of amides is 1. The van der Waals surface area contributed by atoms with Gasteiger partial charge in [-0.2, -0.15) is 0 Å². The first kappa shape index (κ1) is 18.9. The lowest BCUT2D eigenvalue weighted by Gasteiger charge is -2.15. The van der Waals surface area contributed by atoms with Crippen LogP contribution in [0, 0.1) is 5.82 Å². The van der Waals surface area contributed by atoms with E-state index in [1.807, 2.05) is 31.2 Å². The number of nitrogens with zero attached hydrogens (tertiary/aromatic N) is 2. The summed E-state index contributed by atoms with van der Waals surface area (Å²) < 4.78 is 19.3. The van der Waals surface area contributed by atoms with Crippen molar-refractivity contribution >= 4 is 28.9 Å². The second kappa shape index (κ2) is 8.67. The van der Waals surface area contributed by atoms with Gasteiger partial charge < -0.3 is 15.8 Å². The van der Waals surface area contributed by atoms with Crippen molar-refractivity contribution in [3.63, 3.8) is 0 Å². The Labute approximate surface area is 160 Å². The molecule has 0 fully saturated rings. The fraction of sp³-hybridized carbons (Fsp3) is 0.105. The third-order valence-corrected chi connectivity index (χ3v) is 3.74. The van der Waals surface area contributed by atoms with E-state index >= 15 is 0 Å². The zero-order chi connectivity index (χ0) is 19.9. The monoisotopic (exact) mass is 382 g/mol. The van der Waals surface area contributed by atoms with Crippen LogP contribution in [0.25, 0.3) is 0 Å². The Hall–Kier alpha value is -3.88. The van der Waals surface area contributed by atoms with Crippen LogP contribution in [-0.2, 0) is 0 Å². The molecule has 0 bridgehead atoms. The number of halogens is 1. The molecular formula is C19H19FN6O2. The van der Waals surface area contributed by atoms with Crippen LogP contribution >= 0.6 is 0 Å². The van der Waals surface area contributed by atoms with Gasteiger partial charge in [0.1, 0.15) is 23.6 Å². The number of hydrogen-bond acceptors (Lipinski definition) is 7. The van der Waals surface area contributed by atoms with Gasteiger partial charge in [0.25, 0.3) is 5.91 Å². The average molecular weight is 382 g/mol. The number of nitrogens with one attached hydrogen (secondary N) is 3. The lowest BCUT2D eigenvalue weighted by atomic mass is 10.2. The Bertz CT molecular complexity index is 982. The number of ether oxygens (including phenoxy) is 1. The molecule has 0 unspecified atom stereocenters. The van der Waals surface area contributed by atoms with E-state index in [1.54, 1.807) is 6.07 Å². The van der Waals surface area contributed by atoms with Crippen molar-refractivity contribution in [2.45, 2.75) is 6.92 Å². The minimum absolute atomic E-state index is 0.105. The Kier molecular flexibility index (Phi) is 5.85. The Morgan fingerprint density at radius 3 is 2.61 bits per heavy atom. The van der Waals surface area contributed by atoms with Gasteiger partial charge in [-0.05, 0) is 31.2 Å². The van der Waals surface area contributed by atoms with Gasteiger partial charge in [-0.1, -0.05) is 24.3 Å². The normalized spacial score (nSPS) is 10.2. The summed E-state index contributed by atoms with van der Waals surface area (Å²) >= 11 is 0. The molecule has 0 aliphatic carbocycles. The summed E-state index contributed by atoms with van der Waals surface area (Å²) in [6, 6.07) is 13.0. The summed E-state index contributed by atoms with van der Waals surface area (Å²) in [4.78, 5) is 20.2. The number of nitrogens with two attached hydrogens (primary N) is 1. The predicted molar refractivity (Wildman–Crippen MR) is 105 cm³/mol. The van der Waals surface area contributed by atoms with Gasteiger partial charge in [0.15, 0.2) is 11.6 Å². The summed E-state index contributed by atoms with van der Waals surface area (Å²) in [6.45, 7) is 2.39. The molecule has 2 aromatic carbocycles. The molecule has 0 aliphatic rings. The fourth-order valence-electron chi connectivity index (χ4n) is 2.40. The van der Waals surface area contributed by atoms with Crippen molar-refractivity contribution in [3.8, 4) is 5.75 Å². The molecule has 9 heteroatoms. The Balaban J connectivity index is 1.75. The summed E-state index contributed by atoms with van der Waals surface area (Å²) in [5.74, 6) is -0.161. The van der Waals surface area contributed by atoms with E-state index < -0.39 is 11.7 Å². The largest absolute Gasteiger partial charge is 0.492 e. The number of aromatic nitrogens is 2. The summed E-state index contributed by atoms with van der Waals surface area (Å²) in [6.07, 6.45) is 1.28. The van der Waals surface area contributed by atoms with Crippen molar-refractivity contribution in [2.24, 2.45) is 0 Å². The number of anilines is 4. The van der Waals surface area contributed by atoms with Crippen molar-refractivity contribution in [2.75, 3.05) is 23.1 Å². The Morgan fingerprint density at radius 1 is 1.11 bits per heavy atom. The third kappa shape index (κ3) is 4.26. The fourth-order valence-corrected chi connectivity index (χ4v) is 2.40. The molecule has 5 N–H and O–H groups in total. The lowest BCUT2D eigenvalue weighted by molar-refractivity contribution is 0.0958. The number of rotatable bonds is 7. The maximum absolute atomic E-state index is 13.7. The number of carbonyl (C=O) groups excluding carboxylic acids is 1. The van der Waals surface area contributed by atoms with Crippen LogP contribution in [0.3, 0.4) is 0 Å². The van der Waals surface area contributed by atoms with E-state index in [0.717, 1.165) is 0 Å². The predicted octanol–water partition coefficient (Wildman–Crippen LogP) is 3.10. The maximum Gasteiger partial charge on any atom is 0.272 e. The van der Waals surface area contributed by atoms with Crippen LogP contribution in [-0.4, -0.2) is 22.5 Å². The number of carbonyl (C=O) groups is 1. The molecule has 1 amide bonds. The zero-order valence-corrected chi connectivity index (χ0v) is 15.1. The minimum Gasteiger partial charge on any atom is -0.492 e. The highest BCUT2D eigenvalue weighted by atomic mass is 19.1. The number of nitrogen functional groups attached to an aromatic ring is 1. The van der Waals surface area contributed by atoms with Gasteiger partial charge in [0.05, 0.1) is 17.9 Å². The van der Waals surface area contributed by atoms with Gasteiger partial charge in [-0.25, -0.2) is 14.4 Å². The number of benzene rings is 2. The highest BCUT2D eigenvalue weighted by Crippen LogP contribution is 2.30. The molecule has 28 heavy (non-hydrogen) atoms. The molecule has 1 heterocycles. The Morgan fingerprint density at radius 2 is 1.82 bits per heavy atom. The average Bonchev–Trinajstić information content (AvgIpc) is 2.70. The standard InChI is InChI=1S/C19H19FN6O2/c1-2-28-15-10-6-5-9-14(15)24-17-16(21)18(23-11-22-17)25-26-19(27)12-7-3-4-8-13(12)20/h3-11H,2,21H2,1H3,(H,26,27)(H2,22,23,24,25). The minimum atomic E-state index is -0.660. The molecular weight excluding hydrogens is 363 g/mol. The molecule has 3 rings (SSSR count). The zero-order valence-electron chi connectivity index (χ0n) is 15.1. The van der Waals surface area contributed by atoms with Crippen LogP contribution in [0.4, 0.5) is 27.4 Å². The molecule has 0 spiro atoms. The van der Waals surface area contributed by atoms with E-state index in [-0.39, 0.29) is 17.1 Å². The van der Waals surface area contributed by atoms with Gasteiger partial charge in [0.2, 0.25) is 0 Å². The lowest BCUT2D eigenvalue weighted by Crippen LogP contribution is -2.31. The van der Waals surface area contributed by atoms with Crippen molar-refractivity contribution in [1.82, 2.24) is 15.4 Å². The molecule has 144 valence electrons. The number of hydrazine groups is 1. The smallest absolute Gasteiger partial charge is 0.272 e. The van der Waals surface area contributed by atoms with Crippen LogP contribution in [0.5, 0.6) is 5.75 Å². The van der Waals surface area contributed by atoms with Crippen molar-refractivity contribution in [1.29, 1.82) is 0 Å². The van der Waals surface area contributed by atoms with Gasteiger partial charge in [-0.3, -0.25) is 15.6 Å². The third-order valence-electron chi connectivity index (χ3n) is 3.74. The van der Waals surface area contributed by atoms with Gasteiger partial charge >= 0.3 is 0 Å². The SMILES string of the molecule is CCOc1ccccc1Nc1ncnc(NNC(=O)c2ccccc2F)c1N. The van der Waals surface area contributed by atoms with E-state index in [1.165, 1.54) is 24.5 Å². The molecule has 0 radical (unpaired) electrons. The highest BCUT2D eigenvalue weighted by molar-refractivity contribution is 5.95. The van der Waals surface area contributed by atoms with Crippen LogP contribution < -0.4 is 26.6 Å². The molecule has 3 aromatic rings. The van der Waals surface area contributed by atoms with Crippen molar-refractivity contribution in [3.05, 3.63) is 66.2 Å². The van der Waals surface area contributed by atoms with Crippen molar-refractivity contribution < 1.29 is 13.9 Å². The summed E-state index contributed by atoms with van der Waals surface area (Å²) in [7, 11) is 0. The highest BCUT2D eigenvalue weighted by Gasteiger charge is 2.14. The topological polar surface area (TPSA) is 114 Å². The van der Waals surface area contributed by atoms with Crippen LogP contribution in [0.1, 0.15) is 17.3 Å². The van der Waals surface area contributed by atoms with Gasteiger partial charge in [-0.15, -0.1) is 0 Å². The van der Waals surface area contributed by atoms with Crippen LogP contribution in [0.2, 0.25) is 0 Å². The van der Waals surface area contributed by atoms with E-state index in [9.17, 15) is 9.18 Å². The first-order valence-electron chi connectivity index (χ1n) is 8.50. The molecule has 0 saturated heterocycles. The molecule has 1 aromatic heterocycles. The quantitative estimate of drug-likeness (QED) is 0.464. The molecule has 0 atom stereocenters. The van der Waals surface area contributed by atoms with E-state index in [4.69, 9.17) is 10.5 Å². The molecule has 8 nitrogen and oxygen atoms in total. The summed E-state index contributed by atoms with van der Waals surface area (Å²) in [5.41, 5.74) is 11.8. The first-order valence-corrected chi connectivity index (χ1v) is 8.50. The van der Waals surface area contributed by atoms with E-state index in [2.05, 4.69) is 26.1 Å². The maximum atomic E-state index is 13.7. The second-order valence-corrected chi connectivity index (χ2v) is 5.60. The second-order valence-electron chi connectivity index (χ2n) is 5.60. The molecule has 0 saturated carbocycles. The molecule has 0 aliphatic heterocycles. The van der Waals surface area contributed by atoms with Gasteiger partial charge in [0, 0.05) is 0 Å². The van der Waals surface area contributed by atoms with E-state index in [0.29, 0.717) is 23.9 Å². The first-order chi connectivity index (χ1) is 13.6. The van der Waals surface area contributed by atoms with Crippen LogP contribution in [0.15, 0.2) is 54.9 Å².